The van der Waals surface area contributed by atoms with Crippen molar-refractivity contribution in [3.63, 3.8) is 0 Å². The number of nitrogens with one attached hydrogen (secondary N) is 1. The molecule has 0 unspecified atom stereocenters. The van der Waals surface area contributed by atoms with Crippen LogP contribution in [-0.4, -0.2) is 23.2 Å². The lowest BCUT2D eigenvalue weighted by Gasteiger charge is -2.24. The number of carbonyl (C=O) groups excluding carboxylic acids is 1. The Kier molecular flexibility index (Phi) is 4.10. The van der Waals surface area contributed by atoms with Crippen molar-refractivity contribution in [3.05, 3.63) is 66.0 Å². The molecule has 1 fully saturated rings. The Balaban J connectivity index is 1.78. The topological polar surface area (TPSA) is 32.3 Å². The van der Waals surface area contributed by atoms with Crippen LogP contribution >= 0.6 is 11.8 Å². The molecule has 3 rings (SSSR count). The Bertz CT molecular complexity index is 635. The zero-order valence-corrected chi connectivity index (χ0v) is 12.1. The van der Waals surface area contributed by atoms with E-state index in [4.69, 9.17) is 0 Å². The lowest BCUT2D eigenvalue weighted by atomic mass is 10.2. The summed E-state index contributed by atoms with van der Waals surface area (Å²) in [6.45, 7) is 0.613. The van der Waals surface area contributed by atoms with Crippen LogP contribution in [-0.2, 0) is 0 Å². The summed E-state index contributed by atoms with van der Waals surface area (Å²) in [7, 11) is 0. The zero-order valence-electron chi connectivity index (χ0n) is 11.3. The number of hydrogen-bond donors (Lipinski definition) is 1. The molecule has 0 saturated carbocycles. The number of hydrogen-bond acceptors (Lipinski definition) is 2. The Labute approximate surface area is 127 Å². The van der Waals surface area contributed by atoms with E-state index >= 15 is 0 Å². The number of anilines is 1. The second kappa shape index (κ2) is 6.18. The van der Waals surface area contributed by atoms with E-state index in [1.807, 2.05) is 30.3 Å². The second-order valence-electron chi connectivity index (χ2n) is 4.73. The SMILES string of the molecule is O=C(Nc1ccccc1)N1CCS[C@@H]1c1ccccc1F. The zero-order chi connectivity index (χ0) is 14.7. The van der Waals surface area contributed by atoms with Crippen LogP contribution in [0.15, 0.2) is 54.6 Å². The average molecular weight is 302 g/mol. The van der Waals surface area contributed by atoms with Crippen LogP contribution in [0.2, 0.25) is 0 Å². The molecule has 108 valence electrons. The van der Waals surface area contributed by atoms with Gasteiger partial charge in [0, 0.05) is 23.5 Å². The molecule has 21 heavy (non-hydrogen) atoms. The highest BCUT2D eigenvalue weighted by Gasteiger charge is 2.32. The van der Waals surface area contributed by atoms with Gasteiger partial charge in [0.1, 0.15) is 11.2 Å². The molecule has 0 spiro atoms. The number of para-hydroxylation sites is 1. The van der Waals surface area contributed by atoms with Gasteiger partial charge in [-0.1, -0.05) is 36.4 Å². The van der Waals surface area contributed by atoms with E-state index in [1.54, 1.807) is 34.9 Å². The van der Waals surface area contributed by atoms with Gasteiger partial charge in [-0.05, 0) is 18.2 Å². The monoisotopic (exact) mass is 302 g/mol. The maximum atomic E-state index is 13.9. The molecule has 2 aromatic rings. The normalized spacial score (nSPS) is 17.8. The van der Waals surface area contributed by atoms with Crippen LogP contribution in [0.25, 0.3) is 0 Å². The van der Waals surface area contributed by atoms with E-state index in [2.05, 4.69) is 5.32 Å². The molecule has 3 nitrogen and oxygen atoms in total. The summed E-state index contributed by atoms with van der Waals surface area (Å²) in [5.74, 6) is 0.538. The van der Waals surface area contributed by atoms with Crippen molar-refractivity contribution in [3.8, 4) is 0 Å². The summed E-state index contributed by atoms with van der Waals surface area (Å²) in [6.07, 6.45) is 0. The quantitative estimate of drug-likeness (QED) is 0.905. The molecule has 0 radical (unpaired) electrons. The molecular formula is C16H15FN2OS. The van der Waals surface area contributed by atoms with E-state index < -0.39 is 0 Å². The number of nitrogens with zero attached hydrogens (tertiary/aromatic N) is 1. The van der Waals surface area contributed by atoms with Crippen molar-refractivity contribution in [2.45, 2.75) is 5.37 Å². The van der Waals surface area contributed by atoms with Crippen LogP contribution in [0.3, 0.4) is 0 Å². The highest BCUT2D eigenvalue weighted by Crippen LogP contribution is 2.39. The standard InChI is InChI=1S/C16H15FN2OS/c17-14-9-5-4-8-13(14)15-19(10-11-21-15)16(20)18-12-6-2-1-3-7-12/h1-9,15H,10-11H2,(H,18,20)/t15-/m1/s1. The minimum absolute atomic E-state index is 0.195. The van der Waals surface area contributed by atoms with Crippen molar-refractivity contribution >= 4 is 23.5 Å². The van der Waals surface area contributed by atoms with Gasteiger partial charge in [-0.3, -0.25) is 0 Å². The Hall–Kier alpha value is -2.01. The number of benzene rings is 2. The predicted molar refractivity (Wildman–Crippen MR) is 83.8 cm³/mol. The minimum Gasteiger partial charge on any atom is -0.308 e. The molecule has 0 aromatic heterocycles. The van der Waals surface area contributed by atoms with Crippen molar-refractivity contribution in [1.82, 2.24) is 4.90 Å². The summed E-state index contributed by atoms with van der Waals surface area (Å²) in [5.41, 5.74) is 1.30. The van der Waals surface area contributed by atoms with E-state index in [0.717, 1.165) is 11.4 Å². The molecule has 5 heteroatoms. The fourth-order valence-electron chi connectivity index (χ4n) is 2.33. The summed E-state index contributed by atoms with van der Waals surface area (Å²) >= 11 is 1.58. The van der Waals surface area contributed by atoms with Crippen LogP contribution < -0.4 is 5.32 Å². The molecule has 0 aliphatic carbocycles. The summed E-state index contributed by atoms with van der Waals surface area (Å²) < 4.78 is 13.9. The second-order valence-corrected chi connectivity index (χ2v) is 5.92. The largest absolute Gasteiger partial charge is 0.323 e. The number of thioether (sulfide) groups is 1. The molecule has 2 amide bonds. The molecule has 1 atom stereocenters. The first-order valence-corrected chi connectivity index (χ1v) is 7.79. The van der Waals surface area contributed by atoms with E-state index in [1.165, 1.54) is 6.07 Å². The number of amides is 2. The Morgan fingerprint density at radius 1 is 1.14 bits per heavy atom. The van der Waals surface area contributed by atoms with Crippen molar-refractivity contribution in [2.75, 3.05) is 17.6 Å². The van der Waals surface area contributed by atoms with Crippen molar-refractivity contribution in [1.29, 1.82) is 0 Å². The first-order chi connectivity index (χ1) is 10.3. The van der Waals surface area contributed by atoms with E-state index in [0.29, 0.717) is 12.1 Å². The number of urea groups is 1. The average Bonchev–Trinajstić information content (AvgIpc) is 2.98. The van der Waals surface area contributed by atoms with E-state index in [9.17, 15) is 9.18 Å². The van der Waals surface area contributed by atoms with Crippen LogP contribution in [0.4, 0.5) is 14.9 Å². The van der Waals surface area contributed by atoms with Gasteiger partial charge in [0.2, 0.25) is 0 Å². The van der Waals surface area contributed by atoms with Gasteiger partial charge in [0.15, 0.2) is 0 Å². The highest BCUT2D eigenvalue weighted by molar-refractivity contribution is 7.99. The van der Waals surface area contributed by atoms with Gasteiger partial charge in [-0.15, -0.1) is 11.8 Å². The lowest BCUT2D eigenvalue weighted by molar-refractivity contribution is 0.213. The fraction of sp³-hybridized carbons (Fsp3) is 0.188. The van der Waals surface area contributed by atoms with Gasteiger partial charge >= 0.3 is 6.03 Å². The third-order valence-electron chi connectivity index (χ3n) is 3.35. The third-order valence-corrected chi connectivity index (χ3v) is 4.59. The first kappa shape index (κ1) is 13.9. The lowest BCUT2D eigenvalue weighted by Crippen LogP contribution is -2.34. The summed E-state index contributed by atoms with van der Waals surface area (Å²) in [6, 6.07) is 15.7. The van der Waals surface area contributed by atoms with Gasteiger partial charge in [-0.2, -0.15) is 0 Å². The van der Waals surface area contributed by atoms with E-state index in [-0.39, 0.29) is 17.2 Å². The summed E-state index contributed by atoms with van der Waals surface area (Å²) in [4.78, 5) is 14.1. The van der Waals surface area contributed by atoms with Crippen LogP contribution in [0.5, 0.6) is 0 Å². The summed E-state index contributed by atoms with van der Waals surface area (Å²) in [5, 5.41) is 2.59. The predicted octanol–water partition coefficient (Wildman–Crippen LogP) is 4.11. The Morgan fingerprint density at radius 2 is 1.86 bits per heavy atom. The fourth-order valence-corrected chi connectivity index (χ4v) is 3.60. The van der Waals surface area contributed by atoms with Gasteiger partial charge in [0.25, 0.3) is 0 Å². The third kappa shape index (κ3) is 3.03. The van der Waals surface area contributed by atoms with Crippen molar-refractivity contribution < 1.29 is 9.18 Å². The first-order valence-electron chi connectivity index (χ1n) is 6.74. The Morgan fingerprint density at radius 3 is 2.62 bits per heavy atom. The van der Waals surface area contributed by atoms with Crippen LogP contribution in [0, 0.1) is 5.82 Å². The number of carbonyl (C=O) groups is 1. The maximum absolute atomic E-state index is 13.9. The maximum Gasteiger partial charge on any atom is 0.323 e. The molecule has 1 aliphatic rings. The molecule has 1 aliphatic heterocycles. The smallest absolute Gasteiger partial charge is 0.308 e. The molecule has 0 bridgehead atoms. The highest BCUT2D eigenvalue weighted by atomic mass is 32.2. The molecule has 1 heterocycles. The number of rotatable bonds is 2. The molecular weight excluding hydrogens is 287 g/mol. The van der Waals surface area contributed by atoms with Gasteiger partial charge in [-0.25, -0.2) is 9.18 Å². The molecule has 2 aromatic carbocycles. The number of halogens is 1. The van der Waals surface area contributed by atoms with Gasteiger partial charge < -0.3 is 10.2 Å². The van der Waals surface area contributed by atoms with Crippen LogP contribution in [0.1, 0.15) is 10.9 Å². The van der Waals surface area contributed by atoms with Crippen molar-refractivity contribution in [2.24, 2.45) is 0 Å². The molecule has 1 saturated heterocycles. The minimum atomic E-state index is -0.269. The van der Waals surface area contributed by atoms with Gasteiger partial charge in [0.05, 0.1) is 0 Å². The molecule has 1 N–H and O–H groups in total.